The first-order chi connectivity index (χ1) is 13.4. The number of methoxy groups -OCH3 is 1. The van der Waals surface area contributed by atoms with Gasteiger partial charge < -0.3 is 14.8 Å². The van der Waals surface area contributed by atoms with Gasteiger partial charge >= 0.3 is 5.97 Å². The monoisotopic (exact) mass is 401 g/mol. The first-order valence-electron chi connectivity index (χ1n) is 8.54. The number of hydrogen-bond acceptors (Lipinski definition) is 7. The summed E-state index contributed by atoms with van der Waals surface area (Å²) in [6, 6.07) is 6.91. The van der Waals surface area contributed by atoms with E-state index in [1.165, 1.54) is 18.0 Å². The Morgan fingerprint density at radius 3 is 2.82 bits per heavy atom. The molecule has 0 aliphatic carbocycles. The average Bonchev–Trinajstić information content (AvgIpc) is 3.01. The molecule has 0 aliphatic rings. The number of aryl methyl sites for hydroxylation is 1. The maximum Gasteiger partial charge on any atom is 0.348 e. The minimum Gasteiger partial charge on any atom is -0.497 e. The van der Waals surface area contributed by atoms with E-state index in [1.54, 1.807) is 38.1 Å². The molecule has 9 heteroatoms. The molecule has 0 aliphatic heterocycles. The van der Waals surface area contributed by atoms with Gasteiger partial charge in [0.25, 0.3) is 5.56 Å². The van der Waals surface area contributed by atoms with Crippen molar-refractivity contribution in [2.45, 2.75) is 20.4 Å². The van der Waals surface area contributed by atoms with Crippen molar-refractivity contribution in [3.05, 3.63) is 51.4 Å². The van der Waals surface area contributed by atoms with Crippen LogP contribution in [-0.4, -0.2) is 35.1 Å². The van der Waals surface area contributed by atoms with Gasteiger partial charge in [-0.15, -0.1) is 11.3 Å². The minimum absolute atomic E-state index is 0.205. The van der Waals surface area contributed by atoms with Gasteiger partial charge in [0.15, 0.2) is 0 Å². The van der Waals surface area contributed by atoms with Crippen LogP contribution in [-0.2, 0) is 16.1 Å². The Bertz CT molecular complexity index is 1100. The molecule has 0 saturated heterocycles. The number of anilines is 1. The number of hydrogen-bond donors (Lipinski definition) is 1. The number of amides is 1. The van der Waals surface area contributed by atoms with Crippen LogP contribution in [0.4, 0.5) is 5.69 Å². The Morgan fingerprint density at radius 1 is 1.32 bits per heavy atom. The van der Waals surface area contributed by atoms with Crippen LogP contribution in [0.2, 0.25) is 0 Å². The second-order valence-corrected chi connectivity index (χ2v) is 6.91. The first kappa shape index (κ1) is 19.6. The number of carbonyl (C=O) groups is 2. The highest BCUT2D eigenvalue weighted by Crippen LogP contribution is 2.27. The van der Waals surface area contributed by atoms with E-state index >= 15 is 0 Å². The molecule has 28 heavy (non-hydrogen) atoms. The Kier molecular flexibility index (Phi) is 5.74. The van der Waals surface area contributed by atoms with Crippen molar-refractivity contribution in [2.75, 3.05) is 19.0 Å². The van der Waals surface area contributed by atoms with Crippen molar-refractivity contribution < 1.29 is 19.1 Å². The van der Waals surface area contributed by atoms with Gasteiger partial charge in [-0.3, -0.25) is 14.2 Å². The van der Waals surface area contributed by atoms with Crippen LogP contribution in [0.1, 0.15) is 22.2 Å². The Labute approximate surface area is 164 Å². The highest BCUT2D eigenvalue weighted by molar-refractivity contribution is 7.20. The molecule has 3 rings (SSSR count). The quantitative estimate of drug-likeness (QED) is 0.638. The molecule has 1 N–H and O–H groups in total. The maximum atomic E-state index is 12.8. The smallest absolute Gasteiger partial charge is 0.348 e. The van der Waals surface area contributed by atoms with Crippen molar-refractivity contribution in [3.63, 3.8) is 0 Å². The van der Waals surface area contributed by atoms with Gasteiger partial charge in [0, 0.05) is 11.8 Å². The van der Waals surface area contributed by atoms with Crippen molar-refractivity contribution in [3.8, 4) is 5.75 Å². The lowest BCUT2D eigenvalue weighted by atomic mass is 10.2. The molecular weight excluding hydrogens is 382 g/mol. The third-order valence-corrected chi connectivity index (χ3v) is 5.23. The minimum atomic E-state index is -0.482. The fraction of sp³-hybridized carbons (Fsp3) is 0.263. The Morgan fingerprint density at radius 2 is 2.11 bits per heavy atom. The van der Waals surface area contributed by atoms with Crippen LogP contribution in [0.25, 0.3) is 10.2 Å². The molecule has 8 nitrogen and oxygen atoms in total. The summed E-state index contributed by atoms with van der Waals surface area (Å²) < 4.78 is 11.4. The molecule has 1 amide bonds. The van der Waals surface area contributed by atoms with E-state index in [1.807, 2.05) is 0 Å². The Balaban J connectivity index is 1.86. The SMILES string of the molecule is CCOC(=O)c1sc2ncn(CC(=O)Nc3cccc(OC)c3)c(=O)c2c1C. The zero-order valence-corrected chi connectivity index (χ0v) is 16.5. The summed E-state index contributed by atoms with van der Waals surface area (Å²) in [6.45, 7) is 3.43. The third-order valence-electron chi connectivity index (χ3n) is 4.05. The number of aromatic nitrogens is 2. The largest absolute Gasteiger partial charge is 0.497 e. The Hall–Kier alpha value is -3.20. The topological polar surface area (TPSA) is 99.5 Å². The van der Waals surface area contributed by atoms with Gasteiger partial charge in [0.05, 0.1) is 25.4 Å². The number of esters is 1. The third kappa shape index (κ3) is 3.89. The fourth-order valence-electron chi connectivity index (χ4n) is 2.72. The van der Waals surface area contributed by atoms with Gasteiger partial charge in [-0.1, -0.05) is 6.07 Å². The lowest BCUT2D eigenvalue weighted by molar-refractivity contribution is -0.116. The summed E-state index contributed by atoms with van der Waals surface area (Å²) in [5, 5.41) is 3.04. The van der Waals surface area contributed by atoms with Gasteiger partial charge in [0.2, 0.25) is 5.91 Å². The van der Waals surface area contributed by atoms with E-state index in [4.69, 9.17) is 9.47 Å². The molecule has 146 valence electrons. The predicted molar refractivity (Wildman–Crippen MR) is 106 cm³/mol. The fourth-order valence-corrected chi connectivity index (χ4v) is 3.75. The van der Waals surface area contributed by atoms with E-state index in [0.717, 1.165) is 11.3 Å². The molecule has 1 aromatic carbocycles. The second-order valence-electron chi connectivity index (χ2n) is 5.91. The summed E-state index contributed by atoms with van der Waals surface area (Å²) in [5.41, 5.74) is 0.691. The lowest BCUT2D eigenvalue weighted by Gasteiger charge is -2.08. The molecule has 0 unspecified atom stereocenters. The van der Waals surface area contributed by atoms with Gasteiger partial charge in [-0.25, -0.2) is 9.78 Å². The first-order valence-corrected chi connectivity index (χ1v) is 9.35. The summed E-state index contributed by atoms with van der Waals surface area (Å²) in [5.74, 6) is -0.252. The molecule has 0 bridgehead atoms. The standard InChI is InChI=1S/C19H19N3O5S/c1-4-27-19(25)16-11(2)15-17(28-16)20-10-22(18(15)24)9-14(23)21-12-6-5-7-13(8-12)26-3/h5-8,10H,4,9H2,1-3H3,(H,21,23). The number of thiophene rings is 1. The van der Waals surface area contributed by atoms with Crippen molar-refractivity contribution in [2.24, 2.45) is 0 Å². The van der Waals surface area contributed by atoms with E-state index < -0.39 is 5.97 Å². The molecule has 0 radical (unpaired) electrons. The maximum absolute atomic E-state index is 12.8. The average molecular weight is 401 g/mol. The number of benzene rings is 1. The number of ether oxygens (including phenoxy) is 2. The van der Waals surface area contributed by atoms with Crippen LogP contribution in [0.15, 0.2) is 35.4 Å². The molecule has 0 fully saturated rings. The zero-order valence-electron chi connectivity index (χ0n) is 15.6. The van der Waals surface area contributed by atoms with Gasteiger partial charge in [0.1, 0.15) is 22.0 Å². The molecule has 0 atom stereocenters. The zero-order chi connectivity index (χ0) is 20.3. The lowest BCUT2D eigenvalue weighted by Crippen LogP contribution is -2.27. The van der Waals surface area contributed by atoms with Gasteiger partial charge in [-0.05, 0) is 31.5 Å². The normalized spacial score (nSPS) is 10.7. The van der Waals surface area contributed by atoms with Crippen LogP contribution in [0.3, 0.4) is 0 Å². The summed E-state index contributed by atoms with van der Waals surface area (Å²) in [4.78, 5) is 42.2. The predicted octanol–water partition coefficient (Wildman–Crippen LogP) is 2.59. The molecule has 0 spiro atoms. The molecule has 2 aromatic heterocycles. The summed E-state index contributed by atoms with van der Waals surface area (Å²) in [6.07, 6.45) is 1.31. The number of nitrogens with zero attached hydrogens (tertiary/aromatic N) is 2. The van der Waals surface area contributed by atoms with E-state index in [2.05, 4.69) is 10.3 Å². The van der Waals surface area contributed by atoms with Crippen molar-refractivity contribution in [1.29, 1.82) is 0 Å². The summed E-state index contributed by atoms with van der Waals surface area (Å²) >= 11 is 1.11. The van der Waals surface area contributed by atoms with Crippen molar-refractivity contribution in [1.82, 2.24) is 9.55 Å². The number of nitrogens with one attached hydrogen (secondary N) is 1. The van der Waals surface area contributed by atoms with Crippen LogP contribution < -0.4 is 15.6 Å². The van der Waals surface area contributed by atoms with E-state index in [0.29, 0.717) is 32.1 Å². The van der Waals surface area contributed by atoms with E-state index in [9.17, 15) is 14.4 Å². The highest BCUT2D eigenvalue weighted by Gasteiger charge is 2.20. The van der Waals surface area contributed by atoms with Crippen LogP contribution >= 0.6 is 11.3 Å². The second kappa shape index (κ2) is 8.22. The number of carbonyl (C=O) groups excluding carboxylic acids is 2. The molecule has 0 saturated carbocycles. The van der Waals surface area contributed by atoms with Crippen molar-refractivity contribution >= 4 is 39.1 Å². The number of rotatable bonds is 6. The molecular formula is C19H19N3O5S. The summed E-state index contributed by atoms with van der Waals surface area (Å²) in [7, 11) is 1.54. The van der Waals surface area contributed by atoms with Crippen LogP contribution in [0, 0.1) is 6.92 Å². The molecule has 2 heterocycles. The van der Waals surface area contributed by atoms with E-state index in [-0.39, 0.29) is 24.6 Å². The van der Waals surface area contributed by atoms with Gasteiger partial charge in [-0.2, -0.15) is 0 Å². The molecule has 3 aromatic rings. The van der Waals surface area contributed by atoms with Crippen LogP contribution in [0.5, 0.6) is 5.75 Å². The highest BCUT2D eigenvalue weighted by atomic mass is 32.1. The number of fused-ring (bicyclic) bond motifs is 1.